The molecule has 68 valence electrons. The Morgan fingerprint density at radius 1 is 1.42 bits per heavy atom. The molecule has 1 heterocycles. The van der Waals surface area contributed by atoms with Crippen molar-refractivity contribution in [1.29, 1.82) is 0 Å². The van der Waals surface area contributed by atoms with Gasteiger partial charge in [-0.05, 0) is 19.3 Å². The Morgan fingerprint density at radius 2 is 2.17 bits per heavy atom. The van der Waals surface area contributed by atoms with Crippen LogP contribution in [-0.2, 0) is 9.53 Å². The van der Waals surface area contributed by atoms with Crippen LogP contribution >= 0.6 is 0 Å². The van der Waals surface area contributed by atoms with E-state index in [4.69, 9.17) is 4.74 Å². The Bertz CT molecular complexity index is 189. The first-order valence-electron chi connectivity index (χ1n) is 4.63. The summed E-state index contributed by atoms with van der Waals surface area (Å²) in [5, 5.41) is 0. The zero-order valence-electron chi connectivity index (χ0n) is 7.45. The van der Waals surface area contributed by atoms with E-state index in [0.29, 0.717) is 11.8 Å². The third kappa shape index (κ3) is 1.46. The number of methoxy groups -OCH3 is 1. The van der Waals surface area contributed by atoms with E-state index >= 15 is 0 Å². The van der Waals surface area contributed by atoms with Crippen LogP contribution in [0.1, 0.15) is 19.3 Å². The fourth-order valence-corrected chi connectivity index (χ4v) is 1.71. The number of amides is 1. The lowest BCUT2D eigenvalue weighted by Gasteiger charge is -2.15. The normalized spacial score (nSPS) is 29.4. The number of rotatable bonds is 2. The highest BCUT2D eigenvalue weighted by atomic mass is 16.5. The molecule has 2 rings (SSSR count). The highest BCUT2D eigenvalue weighted by Gasteiger charge is 2.36. The first-order valence-corrected chi connectivity index (χ1v) is 4.63. The van der Waals surface area contributed by atoms with Gasteiger partial charge in [-0.1, -0.05) is 0 Å². The minimum Gasteiger partial charge on any atom is -0.380 e. The average Bonchev–Trinajstić information content (AvgIpc) is 2.82. The summed E-state index contributed by atoms with van der Waals surface area (Å²) in [5.74, 6) is 0.718. The first kappa shape index (κ1) is 8.05. The number of carbonyl (C=O) groups is 1. The topological polar surface area (TPSA) is 29.5 Å². The molecule has 0 aromatic carbocycles. The summed E-state index contributed by atoms with van der Waals surface area (Å²) in [6.07, 6.45) is 3.50. The molecule has 2 fully saturated rings. The Balaban J connectivity index is 1.85. The zero-order valence-corrected chi connectivity index (χ0v) is 7.45. The first-order chi connectivity index (χ1) is 5.81. The summed E-state index contributed by atoms with van der Waals surface area (Å²) in [6.45, 7) is 1.71. The number of ether oxygens (including phenoxy) is 1. The van der Waals surface area contributed by atoms with Crippen molar-refractivity contribution in [2.24, 2.45) is 5.92 Å². The number of hydrogen-bond donors (Lipinski definition) is 0. The second-order valence-electron chi connectivity index (χ2n) is 3.70. The molecule has 1 amide bonds. The maximum atomic E-state index is 11.5. The molecule has 0 N–H and O–H groups in total. The van der Waals surface area contributed by atoms with Crippen LogP contribution in [0.15, 0.2) is 0 Å². The molecule has 1 saturated carbocycles. The van der Waals surface area contributed by atoms with E-state index in [1.165, 1.54) is 0 Å². The minimum atomic E-state index is 0.285. The molecule has 2 aliphatic rings. The summed E-state index contributed by atoms with van der Waals surface area (Å²) < 4.78 is 5.20. The van der Waals surface area contributed by atoms with E-state index in [1.54, 1.807) is 7.11 Å². The van der Waals surface area contributed by atoms with Crippen molar-refractivity contribution in [3.05, 3.63) is 0 Å². The number of carbonyl (C=O) groups excluding carboxylic acids is 1. The maximum absolute atomic E-state index is 11.5. The molecule has 1 aliphatic carbocycles. The van der Waals surface area contributed by atoms with Crippen LogP contribution in [0.25, 0.3) is 0 Å². The molecular formula is C9H15NO2. The third-order valence-electron chi connectivity index (χ3n) is 2.72. The molecule has 1 atom stereocenters. The Hall–Kier alpha value is -0.570. The van der Waals surface area contributed by atoms with Crippen LogP contribution < -0.4 is 0 Å². The van der Waals surface area contributed by atoms with Gasteiger partial charge in [0.05, 0.1) is 6.10 Å². The predicted octanol–water partition coefficient (Wildman–Crippen LogP) is 0.644. The minimum absolute atomic E-state index is 0.285. The molecule has 3 heteroatoms. The molecule has 0 spiro atoms. The molecule has 0 unspecified atom stereocenters. The lowest BCUT2D eigenvalue weighted by molar-refractivity contribution is -0.131. The quantitative estimate of drug-likeness (QED) is 0.607. The molecule has 0 radical (unpaired) electrons. The van der Waals surface area contributed by atoms with Crippen LogP contribution in [0.2, 0.25) is 0 Å². The summed E-state index contributed by atoms with van der Waals surface area (Å²) in [7, 11) is 1.72. The van der Waals surface area contributed by atoms with E-state index in [0.717, 1.165) is 32.4 Å². The van der Waals surface area contributed by atoms with Crippen molar-refractivity contribution in [3.63, 3.8) is 0 Å². The van der Waals surface area contributed by atoms with Gasteiger partial charge in [-0.3, -0.25) is 4.79 Å². The van der Waals surface area contributed by atoms with E-state index < -0.39 is 0 Å². The summed E-state index contributed by atoms with van der Waals surface area (Å²) in [5.41, 5.74) is 0. The van der Waals surface area contributed by atoms with Gasteiger partial charge in [0.15, 0.2) is 0 Å². The lowest BCUT2D eigenvalue weighted by atomic mass is 10.3. The number of likely N-dealkylation sites (tertiary alicyclic amines) is 1. The van der Waals surface area contributed by atoms with Crippen LogP contribution in [0.5, 0.6) is 0 Å². The fourth-order valence-electron chi connectivity index (χ4n) is 1.71. The van der Waals surface area contributed by atoms with Crippen LogP contribution in [0.3, 0.4) is 0 Å². The van der Waals surface area contributed by atoms with Crippen molar-refractivity contribution in [3.8, 4) is 0 Å². The average molecular weight is 169 g/mol. The maximum Gasteiger partial charge on any atom is 0.225 e. The Kier molecular flexibility index (Phi) is 2.05. The van der Waals surface area contributed by atoms with Crippen molar-refractivity contribution < 1.29 is 9.53 Å². The van der Waals surface area contributed by atoms with Crippen molar-refractivity contribution in [2.45, 2.75) is 25.4 Å². The Morgan fingerprint density at radius 3 is 2.67 bits per heavy atom. The molecule has 12 heavy (non-hydrogen) atoms. The van der Waals surface area contributed by atoms with E-state index in [1.807, 2.05) is 4.90 Å². The van der Waals surface area contributed by atoms with Crippen LogP contribution in [0, 0.1) is 5.92 Å². The molecule has 0 aromatic rings. The summed E-state index contributed by atoms with van der Waals surface area (Å²) >= 11 is 0. The van der Waals surface area contributed by atoms with Crippen molar-refractivity contribution in [2.75, 3.05) is 20.2 Å². The Labute approximate surface area is 72.7 Å². The van der Waals surface area contributed by atoms with Gasteiger partial charge in [0.25, 0.3) is 0 Å². The van der Waals surface area contributed by atoms with Gasteiger partial charge in [0.2, 0.25) is 5.91 Å². The fraction of sp³-hybridized carbons (Fsp3) is 0.889. The SMILES string of the molecule is CO[C@@H]1CCN(C(=O)C2CC2)C1. The second kappa shape index (κ2) is 3.05. The highest BCUT2D eigenvalue weighted by Crippen LogP contribution is 2.32. The molecule has 0 bridgehead atoms. The lowest BCUT2D eigenvalue weighted by Crippen LogP contribution is -2.31. The van der Waals surface area contributed by atoms with E-state index in [2.05, 4.69) is 0 Å². The highest BCUT2D eigenvalue weighted by molar-refractivity contribution is 5.81. The molecule has 1 aliphatic heterocycles. The standard InChI is InChI=1S/C9H15NO2/c1-12-8-4-5-10(6-8)9(11)7-2-3-7/h7-8H,2-6H2,1H3/t8-/m1/s1. The third-order valence-corrected chi connectivity index (χ3v) is 2.72. The van der Waals surface area contributed by atoms with E-state index in [-0.39, 0.29) is 6.10 Å². The van der Waals surface area contributed by atoms with Gasteiger partial charge in [-0.25, -0.2) is 0 Å². The second-order valence-corrected chi connectivity index (χ2v) is 3.70. The van der Waals surface area contributed by atoms with Gasteiger partial charge < -0.3 is 9.64 Å². The van der Waals surface area contributed by atoms with Gasteiger partial charge in [0.1, 0.15) is 0 Å². The number of hydrogen-bond acceptors (Lipinski definition) is 2. The van der Waals surface area contributed by atoms with E-state index in [9.17, 15) is 4.79 Å². The zero-order chi connectivity index (χ0) is 8.55. The molecule has 3 nitrogen and oxygen atoms in total. The largest absolute Gasteiger partial charge is 0.380 e. The predicted molar refractivity (Wildman–Crippen MR) is 44.7 cm³/mol. The molecular weight excluding hydrogens is 154 g/mol. The van der Waals surface area contributed by atoms with Crippen molar-refractivity contribution >= 4 is 5.91 Å². The summed E-state index contributed by atoms with van der Waals surface area (Å²) in [4.78, 5) is 13.5. The number of nitrogens with zero attached hydrogens (tertiary/aromatic N) is 1. The summed E-state index contributed by atoms with van der Waals surface area (Å²) in [6, 6.07) is 0. The monoisotopic (exact) mass is 169 g/mol. The molecule has 0 aromatic heterocycles. The van der Waals surface area contributed by atoms with Gasteiger partial charge >= 0.3 is 0 Å². The van der Waals surface area contributed by atoms with Crippen LogP contribution in [-0.4, -0.2) is 37.1 Å². The van der Waals surface area contributed by atoms with Crippen molar-refractivity contribution in [1.82, 2.24) is 4.90 Å². The van der Waals surface area contributed by atoms with Crippen LogP contribution in [0.4, 0.5) is 0 Å². The smallest absolute Gasteiger partial charge is 0.225 e. The van der Waals surface area contributed by atoms with Gasteiger partial charge in [-0.15, -0.1) is 0 Å². The van der Waals surface area contributed by atoms with Gasteiger partial charge in [0, 0.05) is 26.1 Å². The molecule has 1 saturated heterocycles. The van der Waals surface area contributed by atoms with Gasteiger partial charge in [-0.2, -0.15) is 0 Å².